The Balaban J connectivity index is 2.05. The Morgan fingerprint density at radius 1 is 1.45 bits per heavy atom. The first-order valence-corrected chi connectivity index (χ1v) is 6.65. The number of esters is 1. The zero-order valence-corrected chi connectivity index (χ0v) is 11.7. The molecule has 7 nitrogen and oxygen atoms in total. The van der Waals surface area contributed by atoms with Gasteiger partial charge >= 0.3 is 5.97 Å². The van der Waals surface area contributed by atoms with E-state index in [0.29, 0.717) is 23.8 Å². The summed E-state index contributed by atoms with van der Waals surface area (Å²) < 4.78 is 8.77. The van der Waals surface area contributed by atoms with Gasteiger partial charge < -0.3 is 15.0 Å². The number of nitrogen functional groups attached to an aromatic ring is 1. The van der Waals surface area contributed by atoms with Gasteiger partial charge in [0, 0.05) is 19.3 Å². The van der Waals surface area contributed by atoms with Crippen LogP contribution in [-0.2, 0) is 24.4 Å². The van der Waals surface area contributed by atoms with E-state index < -0.39 is 5.97 Å². The van der Waals surface area contributed by atoms with Gasteiger partial charge in [-0.25, -0.2) is 14.5 Å². The molecule has 2 aromatic heterocycles. The summed E-state index contributed by atoms with van der Waals surface area (Å²) in [5.74, 6) is 0.225. The van der Waals surface area contributed by atoms with Gasteiger partial charge in [0.05, 0.1) is 5.69 Å². The van der Waals surface area contributed by atoms with Crippen LogP contribution in [0.25, 0.3) is 0 Å². The molecular weight excluding hydrogens is 258 g/mol. The maximum atomic E-state index is 12.1. The summed E-state index contributed by atoms with van der Waals surface area (Å²) >= 11 is 0. The molecule has 7 heteroatoms. The van der Waals surface area contributed by atoms with E-state index in [4.69, 9.17) is 10.5 Å². The number of aryl methyl sites for hydroxylation is 2. The van der Waals surface area contributed by atoms with Gasteiger partial charge in [0.15, 0.2) is 12.4 Å². The Kier molecular flexibility index (Phi) is 4.39. The number of carbonyl (C=O) groups excluding carboxylic acids is 1. The van der Waals surface area contributed by atoms with Crippen molar-refractivity contribution in [1.29, 1.82) is 0 Å². The normalized spacial score (nSPS) is 10.7. The molecule has 0 spiro atoms. The molecule has 0 unspecified atom stereocenters. The molecule has 0 radical (unpaired) electrons. The summed E-state index contributed by atoms with van der Waals surface area (Å²) in [7, 11) is 0. The molecule has 20 heavy (non-hydrogen) atoms. The second-order valence-corrected chi connectivity index (χ2v) is 4.42. The summed E-state index contributed by atoms with van der Waals surface area (Å²) in [6.07, 6.45) is 4.11. The van der Waals surface area contributed by atoms with E-state index in [0.717, 1.165) is 13.0 Å². The van der Waals surface area contributed by atoms with Gasteiger partial charge in [-0.1, -0.05) is 6.92 Å². The third-order valence-electron chi connectivity index (χ3n) is 2.92. The highest BCUT2D eigenvalue weighted by atomic mass is 16.5. The molecular formula is C13H19N5O2. The average Bonchev–Trinajstić information content (AvgIpc) is 3.02. The number of rotatable bonds is 6. The molecule has 2 rings (SSSR count). The molecule has 108 valence electrons. The van der Waals surface area contributed by atoms with Crippen LogP contribution in [0.5, 0.6) is 0 Å². The van der Waals surface area contributed by atoms with Gasteiger partial charge in [-0.05, 0) is 19.4 Å². The lowest BCUT2D eigenvalue weighted by atomic mass is 10.4. The Hall–Kier alpha value is -2.31. The zero-order valence-electron chi connectivity index (χ0n) is 11.7. The van der Waals surface area contributed by atoms with E-state index in [9.17, 15) is 4.79 Å². The topological polar surface area (TPSA) is 88.0 Å². The first-order valence-electron chi connectivity index (χ1n) is 6.65. The number of anilines is 1. The van der Waals surface area contributed by atoms with E-state index in [1.54, 1.807) is 16.9 Å². The van der Waals surface area contributed by atoms with Gasteiger partial charge in [-0.2, -0.15) is 5.10 Å². The minimum Gasteiger partial charge on any atom is -0.453 e. The van der Waals surface area contributed by atoms with Gasteiger partial charge in [-0.3, -0.25) is 0 Å². The number of aromatic nitrogens is 4. The van der Waals surface area contributed by atoms with Crippen molar-refractivity contribution in [1.82, 2.24) is 19.3 Å². The highest BCUT2D eigenvalue weighted by Gasteiger charge is 2.15. The molecule has 2 aromatic rings. The van der Waals surface area contributed by atoms with E-state index in [1.807, 2.05) is 18.4 Å². The molecule has 0 fully saturated rings. The summed E-state index contributed by atoms with van der Waals surface area (Å²) in [6.45, 7) is 5.50. The second kappa shape index (κ2) is 6.23. The standard InChI is InChI=1S/C13H19N5O2/c1-3-5-17-7-10(14)6-11(17)13(19)20-8-12-15-9-16-18(12)4-2/h6-7,9H,3-5,8,14H2,1-2H3. The lowest BCUT2D eigenvalue weighted by Gasteiger charge is -2.08. The molecule has 0 bridgehead atoms. The molecule has 0 amide bonds. The van der Waals surface area contributed by atoms with Gasteiger partial charge in [-0.15, -0.1) is 0 Å². The monoisotopic (exact) mass is 277 g/mol. The fraction of sp³-hybridized carbons (Fsp3) is 0.462. The molecule has 0 aliphatic carbocycles. The molecule has 0 aliphatic rings. The van der Waals surface area contributed by atoms with Crippen molar-refractivity contribution in [3.8, 4) is 0 Å². The lowest BCUT2D eigenvalue weighted by molar-refractivity contribution is 0.0444. The van der Waals surface area contributed by atoms with Gasteiger partial charge in [0.1, 0.15) is 12.0 Å². The lowest BCUT2D eigenvalue weighted by Crippen LogP contribution is -2.14. The maximum absolute atomic E-state index is 12.1. The van der Waals surface area contributed by atoms with Crippen LogP contribution in [0.4, 0.5) is 5.69 Å². The molecule has 2 N–H and O–H groups in total. The zero-order chi connectivity index (χ0) is 14.5. The number of ether oxygens (including phenoxy) is 1. The van der Waals surface area contributed by atoms with Gasteiger partial charge in [0.2, 0.25) is 0 Å². The van der Waals surface area contributed by atoms with Crippen molar-refractivity contribution in [3.05, 3.63) is 30.1 Å². The SMILES string of the molecule is CCCn1cc(N)cc1C(=O)OCc1ncnn1CC. The first kappa shape index (κ1) is 14.1. The van der Waals surface area contributed by atoms with E-state index in [2.05, 4.69) is 10.1 Å². The van der Waals surface area contributed by atoms with Crippen LogP contribution in [0.15, 0.2) is 18.6 Å². The van der Waals surface area contributed by atoms with Crippen LogP contribution in [-0.4, -0.2) is 25.3 Å². The quantitative estimate of drug-likeness (QED) is 0.807. The highest BCUT2D eigenvalue weighted by molar-refractivity contribution is 5.89. The Labute approximate surface area is 117 Å². The summed E-state index contributed by atoms with van der Waals surface area (Å²) in [5, 5.41) is 4.03. The van der Waals surface area contributed by atoms with Crippen molar-refractivity contribution in [2.45, 2.75) is 40.0 Å². The molecule has 0 atom stereocenters. The maximum Gasteiger partial charge on any atom is 0.355 e. The van der Waals surface area contributed by atoms with Crippen LogP contribution in [0.2, 0.25) is 0 Å². The third kappa shape index (κ3) is 2.98. The minimum absolute atomic E-state index is 0.101. The number of hydrogen-bond acceptors (Lipinski definition) is 5. The van der Waals surface area contributed by atoms with Crippen LogP contribution in [0, 0.1) is 0 Å². The van der Waals surface area contributed by atoms with Crippen molar-refractivity contribution in [2.24, 2.45) is 0 Å². The van der Waals surface area contributed by atoms with Crippen molar-refractivity contribution < 1.29 is 9.53 Å². The number of hydrogen-bond donors (Lipinski definition) is 1. The number of carbonyl (C=O) groups is 1. The predicted molar refractivity (Wildman–Crippen MR) is 74.0 cm³/mol. The summed E-state index contributed by atoms with van der Waals surface area (Å²) in [6, 6.07) is 1.63. The Morgan fingerprint density at radius 2 is 2.25 bits per heavy atom. The van der Waals surface area contributed by atoms with Gasteiger partial charge in [0.25, 0.3) is 0 Å². The van der Waals surface area contributed by atoms with Crippen molar-refractivity contribution in [2.75, 3.05) is 5.73 Å². The van der Waals surface area contributed by atoms with Crippen LogP contribution in [0.3, 0.4) is 0 Å². The first-order chi connectivity index (χ1) is 9.65. The fourth-order valence-electron chi connectivity index (χ4n) is 2.00. The molecule has 0 aliphatic heterocycles. The predicted octanol–water partition coefficient (Wildman–Crippen LogP) is 1.45. The smallest absolute Gasteiger partial charge is 0.355 e. The van der Waals surface area contributed by atoms with E-state index in [-0.39, 0.29) is 6.61 Å². The molecule has 0 saturated heterocycles. The second-order valence-electron chi connectivity index (χ2n) is 4.42. The number of nitrogens with two attached hydrogens (primary N) is 1. The third-order valence-corrected chi connectivity index (χ3v) is 2.92. The molecule has 2 heterocycles. The Morgan fingerprint density at radius 3 is 2.95 bits per heavy atom. The van der Waals surface area contributed by atoms with Crippen LogP contribution in [0.1, 0.15) is 36.6 Å². The fourth-order valence-corrected chi connectivity index (χ4v) is 2.00. The number of nitrogens with zero attached hydrogens (tertiary/aromatic N) is 4. The summed E-state index contributed by atoms with van der Waals surface area (Å²) in [5.41, 5.74) is 6.75. The molecule has 0 saturated carbocycles. The minimum atomic E-state index is -0.402. The summed E-state index contributed by atoms with van der Waals surface area (Å²) in [4.78, 5) is 16.2. The van der Waals surface area contributed by atoms with Crippen molar-refractivity contribution >= 4 is 11.7 Å². The van der Waals surface area contributed by atoms with Crippen molar-refractivity contribution in [3.63, 3.8) is 0 Å². The molecule has 0 aromatic carbocycles. The van der Waals surface area contributed by atoms with Crippen LogP contribution >= 0.6 is 0 Å². The van der Waals surface area contributed by atoms with E-state index >= 15 is 0 Å². The largest absolute Gasteiger partial charge is 0.453 e. The van der Waals surface area contributed by atoms with Crippen LogP contribution < -0.4 is 5.73 Å². The van der Waals surface area contributed by atoms with E-state index in [1.165, 1.54) is 6.33 Å². The average molecular weight is 277 g/mol. The Bertz CT molecular complexity index is 587. The highest BCUT2D eigenvalue weighted by Crippen LogP contribution is 2.13.